The second-order valence-corrected chi connectivity index (χ2v) is 10.2. The van der Waals surface area contributed by atoms with Crippen molar-refractivity contribution in [3.8, 4) is 11.8 Å². The van der Waals surface area contributed by atoms with Crippen LogP contribution in [0.15, 0.2) is 81.5 Å². The fourth-order valence-corrected chi connectivity index (χ4v) is 5.08. The molecule has 0 saturated carbocycles. The van der Waals surface area contributed by atoms with Crippen LogP contribution in [0.5, 0.6) is 0 Å². The molecule has 0 spiro atoms. The summed E-state index contributed by atoms with van der Waals surface area (Å²) in [6.45, 7) is 2.22. The minimum absolute atomic E-state index is 0.00181. The number of amides is 2. The SMILES string of the molecule is CNC(=O)c1ccccc1Sc1ccc2c(c1)CN=C2C#Cc1ccc(NC(=O)CCCOCCOCCO)cc1. The van der Waals surface area contributed by atoms with Gasteiger partial charge in [-0.15, -0.1) is 0 Å². The predicted molar refractivity (Wildman–Crippen MR) is 161 cm³/mol. The smallest absolute Gasteiger partial charge is 0.252 e. The molecule has 0 bridgehead atoms. The van der Waals surface area contributed by atoms with Crippen LogP contribution in [0.4, 0.5) is 5.69 Å². The Kier molecular flexibility index (Phi) is 11.5. The number of aliphatic hydroxyl groups excluding tert-OH is 1. The molecule has 3 aromatic carbocycles. The number of nitrogens with zero attached hydrogens (tertiary/aromatic N) is 1. The predicted octanol–water partition coefficient (Wildman–Crippen LogP) is 4.30. The molecule has 0 aliphatic carbocycles. The second-order valence-electron chi connectivity index (χ2n) is 9.09. The van der Waals surface area contributed by atoms with Gasteiger partial charge in [-0.05, 0) is 66.4 Å². The number of carbonyl (C=O) groups is 2. The molecule has 8 nitrogen and oxygen atoms in total. The highest BCUT2D eigenvalue weighted by molar-refractivity contribution is 7.99. The number of benzene rings is 3. The van der Waals surface area contributed by atoms with Gasteiger partial charge in [0, 0.05) is 46.7 Å². The monoisotopic (exact) mass is 571 g/mol. The summed E-state index contributed by atoms with van der Waals surface area (Å²) in [6.07, 6.45) is 0.974. The van der Waals surface area contributed by atoms with Crippen molar-refractivity contribution < 1.29 is 24.2 Å². The number of hydrogen-bond acceptors (Lipinski definition) is 7. The number of hydrogen-bond donors (Lipinski definition) is 3. The fourth-order valence-electron chi connectivity index (χ4n) is 4.07. The zero-order valence-corrected chi connectivity index (χ0v) is 23.8. The lowest BCUT2D eigenvalue weighted by Crippen LogP contribution is -2.18. The van der Waals surface area contributed by atoms with Gasteiger partial charge in [0.05, 0.1) is 38.5 Å². The molecule has 4 rings (SSSR count). The number of rotatable bonds is 13. The van der Waals surface area contributed by atoms with Crippen LogP contribution in [0, 0.1) is 11.8 Å². The minimum atomic E-state index is -0.107. The van der Waals surface area contributed by atoms with E-state index < -0.39 is 0 Å². The molecule has 0 saturated heterocycles. The Morgan fingerprint density at radius 3 is 2.54 bits per heavy atom. The molecule has 1 heterocycles. The number of aliphatic imine (C=N–C) groups is 1. The van der Waals surface area contributed by atoms with Gasteiger partial charge in [-0.3, -0.25) is 14.6 Å². The first-order valence-electron chi connectivity index (χ1n) is 13.4. The highest BCUT2D eigenvalue weighted by atomic mass is 32.2. The van der Waals surface area contributed by atoms with Gasteiger partial charge in [0.2, 0.25) is 5.91 Å². The number of ether oxygens (including phenoxy) is 2. The van der Waals surface area contributed by atoms with E-state index in [1.165, 1.54) is 0 Å². The summed E-state index contributed by atoms with van der Waals surface area (Å²) in [5.41, 5.74) is 5.07. The Balaban J connectivity index is 1.27. The van der Waals surface area contributed by atoms with Crippen molar-refractivity contribution >= 4 is 35.0 Å². The number of anilines is 1. The molecule has 3 N–H and O–H groups in total. The fraction of sp³-hybridized carbons (Fsp3) is 0.281. The molecule has 0 unspecified atom stereocenters. The van der Waals surface area contributed by atoms with Crippen LogP contribution in [0.3, 0.4) is 0 Å². The van der Waals surface area contributed by atoms with Crippen LogP contribution in [-0.4, -0.2) is 62.7 Å². The van der Waals surface area contributed by atoms with E-state index in [1.54, 1.807) is 18.8 Å². The van der Waals surface area contributed by atoms with E-state index in [-0.39, 0.29) is 18.4 Å². The lowest BCUT2D eigenvalue weighted by Gasteiger charge is -2.09. The Bertz CT molecular complexity index is 1440. The van der Waals surface area contributed by atoms with E-state index in [2.05, 4.69) is 33.5 Å². The van der Waals surface area contributed by atoms with E-state index >= 15 is 0 Å². The first-order chi connectivity index (χ1) is 20.1. The molecule has 1 aliphatic heterocycles. The molecule has 0 radical (unpaired) electrons. The zero-order chi connectivity index (χ0) is 28.9. The van der Waals surface area contributed by atoms with Crippen molar-refractivity contribution in [2.24, 2.45) is 4.99 Å². The van der Waals surface area contributed by atoms with Gasteiger partial charge < -0.3 is 25.2 Å². The van der Waals surface area contributed by atoms with Crippen molar-refractivity contribution in [3.05, 3.63) is 89.0 Å². The molecule has 1 aliphatic rings. The van der Waals surface area contributed by atoms with Crippen LogP contribution in [-0.2, 0) is 20.8 Å². The molecule has 9 heteroatoms. The average molecular weight is 572 g/mol. The Labute approximate surface area is 244 Å². The lowest BCUT2D eigenvalue weighted by atomic mass is 10.1. The quantitative estimate of drug-likeness (QED) is 0.209. The van der Waals surface area contributed by atoms with Crippen molar-refractivity contribution in [3.63, 3.8) is 0 Å². The summed E-state index contributed by atoms with van der Waals surface area (Å²) < 4.78 is 10.5. The molecular formula is C32H33N3O5S. The lowest BCUT2D eigenvalue weighted by molar-refractivity contribution is -0.116. The third-order valence-corrected chi connectivity index (χ3v) is 7.19. The molecule has 41 heavy (non-hydrogen) atoms. The first kappa shape index (κ1) is 30.0. The van der Waals surface area contributed by atoms with E-state index in [0.717, 1.165) is 32.2 Å². The number of carbonyl (C=O) groups excluding carboxylic acids is 2. The molecule has 0 fully saturated rings. The molecule has 212 valence electrons. The van der Waals surface area contributed by atoms with Gasteiger partial charge in [-0.1, -0.05) is 35.9 Å². The topological polar surface area (TPSA) is 109 Å². The van der Waals surface area contributed by atoms with Crippen molar-refractivity contribution in [1.82, 2.24) is 5.32 Å². The van der Waals surface area contributed by atoms with Gasteiger partial charge in [0.25, 0.3) is 5.91 Å². The van der Waals surface area contributed by atoms with Crippen LogP contribution in [0.25, 0.3) is 0 Å². The highest BCUT2D eigenvalue weighted by Crippen LogP contribution is 2.33. The highest BCUT2D eigenvalue weighted by Gasteiger charge is 2.16. The second kappa shape index (κ2) is 15.7. The number of nitrogens with one attached hydrogen (secondary N) is 2. The number of aliphatic hydroxyl groups is 1. The summed E-state index contributed by atoms with van der Waals surface area (Å²) in [7, 11) is 1.63. The summed E-state index contributed by atoms with van der Waals surface area (Å²) in [5.74, 6) is 6.18. The summed E-state index contributed by atoms with van der Waals surface area (Å²) in [4.78, 5) is 31.0. The van der Waals surface area contributed by atoms with E-state index in [9.17, 15) is 9.59 Å². The van der Waals surface area contributed by atoms with Crippen LogP contribution in [0.2, 0.25) is 0 Å². The standard InChI is InChI=1S/C32H33N3O5S/c1-33-32(38)28-5-2-3-6-30(28)41-26-13-14-27-24(21-26)22-34-29(27)15-10-23-8-11-25(12-9-23)35-31(37)7-4-17-39-19-20-40-18-16-36/h2-3,5-6,8-9,11-14,21,36H,4,7,16-20,22H2,1H3,(H,33,38)(H,35,37). The van der Waals surface area contributed by atoms with E-state index in [4.69, 9.17) is 14.6 Å². The van der Waals surface area contributed by atoms with Crippen molar-refractivity contribution in [2.45, 2.75) is 29.2 Å². The van der Waals surface area contributed by atoms with Gasteiger partial charge in [0.15, 0.2) is 0 Å². The molecular weight excluding hydrogens is 538 g/mol. The minimum Gasteiger partial charge on any atom is -0.394 e. The van der Waals surface area contributed by atoms with Crippen LogP contribution < -0.4 is 10.6 Å². The van der Waals surface area contributed by atoms with Gasteiger partial charge in [0.1, 0.15) is 5.71 Å². The van der Waals surface area contributed by atoms with E-state index in [1.807, 2.05) is 60.7 Å². The Hall–Kier alpha value is -3.94. The maximum atomic E-state index is 12.2. The molecule has 2 amide bonds. The third-order valence-electron chi connectivity index (χ3n) is 6.12. The zero-order valence-electron chi connectivity index (χ0n) is 22.9. The summed E-state index contributed by atoms with van der Waals surface area (Å²) in [5, 5.41) is 14.2. The Morgan fingerprint density at radius 2 is 1.76 bits per heavy atom. The van der Waals surface area contributed by atoms with E-state index in [0.29, 0.717) is 57.1 Å². The van der Waals surface area contributed by atoms with Gasteiger partial charge >= 0.3 is 0 Å². The van der Waals surface area contributed by atoms with Gasteiger partial charge in [-0.25, -0.2) is 0 Å². The van der Waals surface area contributed by atoms with Crippen molar-refractivity contribution in [1.29, 1.82) is 0 Å². The maximum Gasteiger partial charge on any atom is 0.252 e. The third kappa shape index (κ3) is 9.03. The number of fused-ring (bicyclic) bond motifs is 1. The molecule has 0 aromatic heterocycles. The normalized spacial score (nSPS) is 11.7. The summed E-state index contributed by atoms with van der Waals surface area (Å²) in [6, 6.07) is 21.2. The molecule has 0 atom stereocenters. The average Bonchev–Trinajstić information content (AvgIpc) is 3.40. The maximum absolute atomic E-state index is 12.2. The molecule has 3 aromatic rings. The summed E-state index contributed by atoms with van der Waals surface area (Å²) >= 11 is 1.55. The van der Waals surface area contributed by atoms with Gasteiger partial charge in [-0.2, -0.15) is 0 Å². The first-order valence-corrected chi connectivity index (χ1v) is 14.2. The van der Waals surface area contributed by atoms with Crippen molar-refractivity contribution in [2.75, 3.05) is 45.4 Å². The van der Waals surface area contributed by atoms with Crippen LogP contribution in [0.1, 0.15) is 39.9 Å². The van der Waals surface area contributed by atoms with Crippen LogP contribution >= 0.6 is 11.8 Å². The Morgan fingerprint density at radius 1 is 0.976 bits per heavy atom. The largest absolute Gasteiger partial charge is 0.394 e.